The number of hydrogen-bond acceptors (Lipinski definition) is 8. The molecular formula is C23H25F3N4O5S. The second kappa shape index (κ2) is 9.19. The highest BCUT2D eigenvalue weighted by atomic mass is 32.2. The number of fused-ring (bicyclic) bond motifs is 1. The third-order valence-corrected chi connectivity index (χ3v) is 8.02. The quantitative estimate of drug-likeness (QED) is 0.570. The van der Waals surface area contributed by atoms with E-state index in [0.29, 0.717) is 0 Å². The van der Waals surface area contributed by atoms with Crippen LogP contribution in [0.15, 0.2) is 30.6 Å². The second-order valence-electron chi connectivity index (χ2n) is 9.35. The van der Waals surface area contributed by atoms with E-state index in [-0.39, 0.29) is 42.5 Å². The van der Waals surface area contributed by atoms with Crippen LogP contribution in [-0.4, -0.2) is 43.6 Å². The molecule has 0 saturated carbocycles. The number of amides is 1. The van der Waals surface area contributed by atoms with Crippen molar-refractivity contribution in [3.05, 3.63) is 53.5 Å². The van der Waals surface area contributed by atoms with Crippen molar-refractivity contribution < 1.29 is 35.9 Å². The summed E-state index contributed by atoms with van der Waals surface area (Å²) in [5.74, 6) is -2.43. The number of anilines is 1. The summed E-state index contributed by atoms with van der Waals surface area (Å²) >= 11 is 0. The van der Waals surface area contributed by atoms with Gasteiger partial charge in [-0.25, -0.2) is 26.3 Å². The lowest BCUT2D eigenvalue weighted by Gasteiger charge is -2.28. The average molecular weight is 527 g/mol. The molecule has 0 radical (unpaired) electrons. The lowest BCUT2D eigenvalue weighted by atomic mass is 10.0. The molecule has 1 saturated heterocycles. The van der Waals surface area contributed by atoms with Gasteiger partial charge in [-0.1, -0.05) is 0 Å². The predicted octanol–water partition coefficient (Wildman–Crippen LogP) is 2.92. The first kappa shape index (κ1) is 25.6. The van der Waals surface area contributed by atoms with Crippen molar-refractivity contribution in [2.24, 2.45) is 5.73 Å². The number of halogens is 3. The van der Waals surface area contributed by atoms with Crippen LogP contribution >= 0.6 is 0 Å². The zero-order valence-electron chi connectivity index (χ0n) is 19.7. The Morgan fingerprint density at radius 1 is 1.28 bits per heavy atom. The van der Waals surface area contributed by atoms with Crippen LogP contribution < -0.4 is 24.8 Å². The van der Waals surface area contributed by atoms with Crippen LogP contribution in [0, 0.1) is 11.6 Å². The summed E-state index contributed by atoms with van der Waals surface area (Å²) in [6.07, 6.45) is 0.464. The van der Waals surface area contributed by atoms with Gasteiger partial charge in [0, 0.05) is 37.0 Å². The van der Waals surface area contributed by atoms with Crippen molar-refractivity contribution in [2.75, 3.05) is 18.2 Å². The van der Waals surface area contributed by atoms with Gasteiger partial charge in [0.05, 0.1) is 22.0 Å². The molecule has 194 valence electrons. The fourth-order valence-corrected chi connectivity index (χ4v) is 4.69. The van der Waals surface area contributed by atoms with E-state index in [1.807, 2.05) is 4.72 Å². The monoisotopic (exact) mass is 526 g/mol. The molecular weight excluding hydrogens is 501 g/mol. The van der Waals surface area contributed by atoms with Gasteiger partial charge in [0.15, 0.2) is 17.3 Å². The second-order valence-corrected chi connectivity index (χ2v) is 11.8. The van der Waals surface area contributed by atoms with Gasteiger partial charge in [-0.15, -0.1) is 0 Å². The Balaban J connectivity index is 1.73. The number of nitrogens with two attached hydrogens (primary N) is 1. The number of pyridine rings is 1. The van der Waals surface area contributed by atoms with Crippen molar-refractivity contribution in [2.45, 2.75) is 44.2 Å². The Bertz CT molecular complexity index is 1340. The Labute approximate surface area is 206 Å². The van der Waals surface area contributed by atoms with Gasteiger partial charge in [-0.05, 0) is 32.9 Å². The van der Waals surface area contributed by atoms with Gasteiger partial charge in [0.2, 0.25) is 16.8 Å². The molecule has 1 aromatic heterocycles. The van der Waals surface area contributed by atoms with Crippen LogP contribution in [0.4, 0.5) is 18.9 Å². The lowest BCUT2D eigenvalue weighted by Crippen LogP contribution is -2.43. The van der Waals surface area contributed by atoms with Gasteiger partial charge >= 0.3 is 0 Å². The highest BCUT2D eigenvalue weighted by Crippen LogP contribution is 2.47. The molecule has 1 amide bonds. The van der Waals surface area contributed by atoms with Crippen LogP contribution in [0.3, 0.4) is 0 Å². The molecule has 2 aliphatic heterocycles. The number of carbonyl (C=O) groups is 1. The molecule has 13 heteroatoms. The zero-order valence-corrected chi connectivity index (χ0v) is 20.5. The van der Waals surface area contributed by atoms with E-state index in [1.54, 1.807) is 0 Å². The maximum absolute atomic E-state index is 15.8. The fourth-order valence-electron chi connectivity index (χ4n) is 4.03. The molecule has 0 aliphatic carbocycles. The summed E-state index contributed by atoms with van der Waals surface area (Å²) < 4.78 is 80.7. The molecule has 3 N–H and O–H groups in total. The van der Waals surface area contributed by atoms with E-state index in [9.17, 15) is 22.0 Å². The lowest BCUT2D eigenvalue weighted by molar-refractivity contribution is -0.114. The molecule has 2 aliphatic rings. The molecule has 4 rings (SSSR count). The Morgan fingerprint density at radius 3 is 2.67 bits per heavy atom. The van der Waals surface area contributed by atoms with E-state index in [2.05, 4.69) is 4.98 Å². The predicted molar refractivity (Wildman–Crippen MR) is 125 cm³/mol. The Kier molecular flexibility index (Phi) is 6.54. The molecule has 1 aromatic carbocycles. The molecule has 9 nitrogen and oxygen atoms in total. The Hall–Kier alpha value is -3.48. The van der Waals surface area contributed by atoms with Gasteiger partial charge in [-0.3, -0.25) is 9.78 Å². The van der Waals surface area contributed by atoms with Crippen molar-refractivity contribution in [3.8, 4) is 11.5 Å². The summed E-state index contributed by atoms with van der Waals surface area (Å²) in [6.45, 7) is 3.78. The summed E-state index contributed by atoms with van der Waals surface area (Å²) in [7, 11) is -4.13. The number of sulfonamides is 1. The molecule has 36 heavy (non-hydrogen) atoms. The van der Waals surface area contributed by atoms with Gasteiger partial charge < -0.3 is 20.1 Å². The third kappa shape index (κ3) is 4.54. The highest BCUT2D eigenvalue weighted by Gasteiger charge is 2.39. The van der Waals surface area contributed by atoms with Crippen molar-refractivity contribution in [1.82, 2.24) is 9.71 Å². The normalized spacial score (nSPS) is 20.1. The Morgan fingerprint density at radius 2 is 2.00 bits per heavy atom. The number of benzene rings is 1. The van der Waals surface area contributed by atoms with Crippen LogP contribution in [0.25, 0.3) is 5.57 Å². The first-order chi connectivity index (χ1) is 16.8. The van der Waals surface area contributed by atoms with Crippen LogP contribution in [0.5, 0.6) is 11.5 Å². The molecule has 2 atom stereocenters. The van der Waals surface area contributed by atoms with E-state index in [4.69, 9.17) is 15.2 Å². The number of hydrogen-bond donors (Lipinski definition) is 2. The standard InChI is InChI=1S/C23H25F3N4O5S/c1-23(2,3)36(32,33)29-22(31)15(9-27)20-19(26)16(4-5-28-20)30-10-13(25)7-17(30)14-6-12(24)8-18-21(14)35-11-34-18/h4-6,8-9,13,17H,7,10-11,27H2,1-3H3,(H,29,31)/t13-,17+/m0/s1. The first-order valence-electron chi connectivity index (χ1n) is 11.0. The minimum Gasteiger partial charge on any atom is -0.453 e. The first-order valence-corrected chi connectivity index (χ1v) is 12.5. The SMILES string of the molecule is CC(C)(C)S(=O)(=O)NC(=O)C(=CN)c1nccc(N2C[C@@H](F)C[C@@H]2c2cc(F)cc3c2OCO3)c1F. The van der Waals surface area contributed by atoms with E-state index in [0.717, 1.165) is 12.3 Å². The molecule has 0 bridgehead atoms. The summed E-state index contributed by atoms with van der Waals surface area (Å²) in [6, 6.07) is 2.78. The van der Waals surface area contributed by atoms with Gasteiger partial charge in [0.1, 0.15) is 17.7 Å². The van der Waals surface area contributed by atoms with Crippen molar-refractivity contribution in [1.29, 1.82) is 0 Å². The fraction of sp³-hybridized carbons (Fsp3) is 0.391. The highest BCUT2D eigenvalue weighted by molar-refractivity contribution is 7.91. The number of carbonyl (C=O) groups excluding carboxylic acids is 1. The smallest absolute Gasteiger partial charge is 0.268 e. The minimum absolute atomic E-state index is 0.0831. The molecule has 1 fully saturated rings. The molecule has 0 unspecified atom stereocenters. The number of aromatic nitrogens is 1. The number of nitrogens with zero attached hydrogens (tertiary/aromatic N) is 2. The van der Waals surface area contributed by atoms with Crippen LogP contribution in [0.2, 0.25) is 0 Å². The van der Waals surface area contributed by atoms with Gasteiger partial charge in [0.25, 0.3) is 5.91 Å². The largest absolute Gasteiger partial charge is 0.453 e. The maximum Gasteiger partial charge on any atom is 0.268 e. The molecule has 3 heterocycles. The molecule has 2 aromatic rings. The van der Waals surface area contributed by atoms with E-state index < -0.39 is 55.8 Å². The van der Waals surface area contributed by atoms with E-state index in [1.165, 1.54) is 44.0 Å². The average Bonchev–Trinajstić information content (AvgIpc) is 3.40. The van der Waals surface area contributed by atoms with E-state index >= 15 is 4.39 Å². The maximum atomic E-state index is 15.8. The molecule has 0 spiro atoms. The van der Waals surface area contributed by atoms with Crippen LogP contribution in [0.1, 0.15) is 44.5 Å². The summed E-state index contributed by atoms with van der Waals surface area (Å²) in [5, 5.41) is 0. The minimum atomic E-state index is -4.13. The van der Waals surface area contributed by atoms with Gasteiger partial charge in [-0.2, -0.15) is 0 Å². The number of nitrogens with one attached hydrogen (secondary N) is 1. The van der Waals surface area contributed by atoms with Crippen LogP contribution in [-0.2, 0) is 14.8 Å². The number of ether oxygens (including phenoxy) is 2. The number of rotatable bonds is 5. The van der Waals surface area contributed by atoms with Crippen molar-refractivity contribution in [3.63, 3.8) is 0 Å². The summed E-state index contributed by atoms with van der Waals surface area (Å²) in [5.41, 5.74) is 4.65. The topological polar surface area (TPSA) is 124 Å². The third-order valence-electron chi connectivity index (χ3n) is 5.95. The van der Waals surface area contributed by atoms with Crippen molar-refractivity contribution >= 4 is 27.2 Å². The summed E-state index contributed by atoms with van der Waals surface area (Å²) in [4.78, 5) is 18.0. The number of alkyl halides is 1. The zero-order chi connectivity index (χ0) is 26.4.